The summed E-state index contributed by atoms with van der Waals surface area (Å²) in [4.78, 5) is 0. The van der Waals surface area contributed by atoms with Gasteiger partial charge < -0.3 is 0 Å². The van der Waals surface area contributed by atoms with Gasteiger partial charge in [-0.3, -0.25) is 0 Å². The summed E-state index contributed by atoms with van der Waals surface area (Å²) in [6, 6.07) is 27.0. The van der Waals surface area contributed by atoms with Crippen LogP contribution in [0.2, 0.25) is 10.0 Å². The van der Waals surface area contributed by atoms with Crippen molar-refractivity contribution >= 4 is 28.8 Å². The minimum atomic E-state index is 0.326. The Balaban J connectivity index is 1.77. The summed E-state index contributed by atoms with van der Waals surface area (Å²) < 4.78 is 0. The van der Waals surface area contributed by atoms with Crippen LogP contribution in [-0.4, -0.2) is 0 Å². The molecule has 0 spiro atoms. The number of hydrogen-bond acceptors (Lipinski definition) is 0. The average Bonchev–Trinajstić information content (AvgIpc) is 3.08. The van der Waals surface area contributed by atoms with Crippen LogP contribution in [0.3, 0.4) is 0 Å². The maximum absolute atomic E-state index is 6.53. The first-order chi connectivity index (χ1) is 12.2. The van der Waals surface area contributed by atoms with Crippen LogP contribution in [0.5, 0.6) is 0 Å². The van der Waals surface area contributed by atoms with E-state index in [0.29, 0.717) is 11.8 Å². The van der Waals surface area contributed by atoms with Crippen LogP contribution in [-0.2, 0) is 0 Å². The minimum Gasteiger partial charge on any atom is -0.0843 e. The Morgan fingerprint density at radius 1 is 0.720 bits per heavy atom. The van der Waals surface area contributed by atoms with E-state index in [9.17, 15) is 0 Å². The van der Waals surface area contributed by atoms with E-state index >= 15 is 0 Å². The van der Waals surface area contributed by atoms with Crippen molar-refractivity contribution in [2.75, 3.05) is 0 Å². The molecule has 0 nitrogen and oxygen atoms in total. The van der Waals surface area contributed by atoms with Gasteiger partial charge in [0.1, 0.15) is 0 Å². The zero-order valence-electron chi connectivity index (χ0n) is 13.7. The molecular formula is C23H18Cl2. The highest BCUT2D eigenvalue weighted by molar-refractivity contribution is 6.31. The van der Waals surface area contributed by atoms with Crippen molar-refractivity contribution in [3.63, 3.8) is 0 Å². The van der Waals surface area contributed by atoms with Gasteiger partial charge in [-0.25, -0.2) is 0 Å². The third kappa shape index (κ3) is 3.38. The van der Waals surface area contributed by atoms with E-state index in [4.69, 9.17) is 23.2 Å². The lowest BCUT2D eigenvalue weighted by Crippen LogP contribution is -2.05. The molecule has 0 N–H and O–H groups in total. The summed E-state index contributed by atoms with van der Waals surface area (Å²) >= 11 is 12.6. The summed E-state index contributed by atoms with van der Waals surface area (Å²) in [5.41, 5.74) is 5.14. The van der Waals surface area contributed by atoms with Crippen molar-refractivity contribution in [2.45, 2.75) is 18.3 Å². The van der Waals surface area contributed by atoms with E-state index in [0.717, 1.165) is 16.5 Å². The lowest BCUT2D eigenvalue weighted by atomic mass is 9.83. The van der Waals surface area contributed by atoms with Crippen LogP contribution in [0.25, 0.3) is 5.57 Å². The van der Waals surface area contributed by atoms with Gasteiger partial charge >= 0.3 is 0 Å². The summed E-state index contributed by atoms with van der Waals surface area (Å²) in [6.07, 6.45) is 3.37. The molecule has 1 aliphatic carbocycles. The van der Waals surface area contributed by atoms with Crippen LogP contribution in [0, 0.1) is 0 Å². The van der Waals surface area contributed by atoms with Gasteiger partial charge in [0, 0.05) is 16.0 Å². The molecule has 0 radical (unpaired) electrons. The minimum absolute atomic E-state index is 0.326. The zero-order chi connectivity index (χ0) is 17.2. The van der Waals surface area contributed by atoms with Crippen molar-refractivity contribution in [2.24, 2.45) is 0 Å². The van der Waals surface area contributed by atoms with Crippen molar-refractivity contribution in [3.05, 3.63) is 112 Å². The topological polar surface area (TPSA) is 0 Å². The van der Waals surface area contributed by atoms with Gasteiger partial charge in [-0.2, -0.15) is 0 Å². The predicted octanol–water partition coefficient (Wildman–Crippen LogP) is 7.35. The summed E-state index contributed by atoms with van der Waals surface area (Å²) in [5.74, 6) is 0.675. The Kier molecular flexibility index (Phi) is 4.65. The molecule has 0 amide bonds. The van der Waals surface area contributed by atoms with E-state index in [-0.39, 0.29) is 0 Å². The molecule has 0 heterocycles. The molecule has 4 rings (SSSR count). The van der Waals surface area contributed by atoms with Crippen LogP contribution in [0.15, 0.2) is 84.9 Å². The van der Waals surface area contributed by atoms with Crippen molar-refractivity contribution < 1.29 is 0 Å². The molecule has 2 heteroatoms. The molecule has 1 aliphatic rings. The molecule has 0 fully saturated rings. The van der Waals surface area contributed by atoms with E-state index in [1.165, 1.54) is 22.3 Å². The Labute approximate surface area is 158 Å². The van der Waals surface area contributed by atoms with Crippen molar-refractivity contribution in [3.8, 4) is 0 Å². The lowest BCUT2D eigenvalue weighted by molar-refractivity contribution is 0.668. The molecule has 3 aromatic carbocycles. The molecule has 25 heavy (non-hydrogen) atoms. The van der Waals surface area contributed by atoms with Gasteiger partial charge in [0.15, 0.2) is 0 Å². The van der Waals surface area contributed by atoms with Gasteiger partial charge in [-0.05, 0) is 52.8 Å². The zero-order valence-corrected chi connectivity index (χ0v) is 15.2. The molecule has 3 aromatic rings. The summed E-state index contributed by atoms with van der Waals surface area (Å²) in [6.45, 7) is 0. The standard InChI is InChI=1S/C23H18Cl2/c24-19-12-10-16(11-13-19)18-14-21(17-6-2-1-3-7-17)22(15-18)20-8-4-5-9-23(20)25/h1-14,21-22H,15H2/t21-,22+/m1/s1. The van der Waals surface area contributed by atoms with Crippen LogP contribution >= 0.6 is 23.2 Å². The van der Waals surface area contributed by atoms with Crippen LogP contribution in [0.1, 0.15) is 34.9 Å². The number of allylic oxidation sites excluding steroid dienone is 2. The fourth-order valence-corrected chi connectivity index (χ4v) is 4.13. The first kappa shape index (κ1) is 16.4. The maximum Gasteiger partial charge on any atom is 0.0441 e. The third-order valence-corrected chi connectivity index (χ3v) is 5.55. The molecule has 0 aromatic heterocycles. The molecule has 0 saturated carbocycles. The first-order valence-corrected chi connectivity index (χ1v) is 9.24. The Morgan fingerprint density at radius 2 is 1.40 bits per heavy atom. The number of halogens is 2. The van der Waals surface area contributed by atoms with Crippen LogP contribution in [0.4, 0.5) is 0 Å². The van der Waals surface area contributed by atoms with Gasteiger partial charge in [0.05, 0.1) is 0 Å². The second-order valence-electron chi connectivity index (χ2n) is 6.47. The van der Waals surface area contributed by atoms with Crippen molar-refractivity contribution in [1.82, 2.24) is 0 Å². The first-order valence-electron chi connectivity index (χ1n) is 8.48. The molecule has 0 saturated heterocycles. The smallest absolute Gasteiger partial charge is 0.0441 e. The van der Waals surface area contributed by atoms with Crippen LogP contribution < -0.4 is 0 Å². The van der Waals surface area contributed by atoms with Gasteiger partial charge in [0.25, 0.3) is 0 Å². The molecule has 0 bridgehead atoms. The fraction of sp³-hybridized carbons (Fsp3) is 0.130. The quantitative estimate of drug-likeness (QED) is 0.455. The maximum atomic E-state index is 6.53. The van der Waals surface area contributed by atoms with E-state index in [2.05, 4.69) is 60.7 Å². The number of benzene rings is 3. The van der Waals surface area contributed by atoms with E-state index in [1.807, 2.05) is 24.3 Å². The monoisotopic (exact) mass is 364 g/mol. The van der Waals surface area contributed by atoms with E-state index < -0.39 is 0 Å². The fourth-order valence-electron chi connectivity index (χ4n) is 3.73. The highest BCUT2D eigenvalue weighted by Crippen LogP contribution is 2.49. The Hall–Kier alpha value is -2.02. The van der Waals surface area contributed by atoms with Gasteiger partial charge in [-0.1, -0.05) is 89.9 Å². The summed E-state index contributed by atoms with van der Waals surface area (Å²) in [7, 11) is 0. The SMILES string of the molecule is Clc1ccc(C2=C[C@H](c3ccccc3)[C@H](c3ccccc3Cl)C2)cc1. The molecule has 124 valence electrons. The molecule has 0 unspecified atom stereocenters. The molecular weight excluding hydrogens is 347 g/mol. The second kappa shape index (κ2) is 7.07. The average molecular weight is 365 g/mol. The van der Waals surface area contributed by atoms with Crippen molar-refractivity contribution in [1.29, 1.82) is 0 Å². The van der Waals surface area contributed by atoms with E-state index in [1.54, 1.807) is 0 Å². The highest BCUT2D eigenvalue weighted by Gasteiger charge is 2.31. The number of hydrogen-bond donors (Lipinski definition) is 0. The molecule has 2 atom stereocenters. The second-order valence-corrected chi connectivity index (χ2v) is 7.31. The molecule has 0 aliphatic heterocycles. The van der Waals surface area contributed by atoms with Gasteiger partial charge in [-0.15, -0.1) is 0 Å². The Bertz CT molecular complexity index is 895. The third-order valence-electron chi connectivity index (χ3n) is 4.96. The summed E-state index contributed by atoms with van der Waals surface area (Å²) in [5, 5.41) is 1.61. The normalized spacial score (nSPS) is 19.7. The highest BCUT2D eigenvalue weighted by atomic mass is 35.5. The number of rotatable bonds is 3. The lowest BCUT2D eigenvalue weighted by Gasteiger charge is -2.21. The largest absolute Gasteiger partial charge is 0.0843 e. The Morgan fingerprint density at radius 3 is 2.12 bits per heavy atom. The van der Waals surface area contributed by atoms with Gasteiger partial charge in [0.2, 0.25) is 0 Å². The predicted molar refractivity (Wildman–Crippen MR) is 107 cm³/mol.